The van der Waals surface area contributed by atoms with Crippen molar-refractivity contribution in [3.05, 3.63) is 142 Å². The van der Waals surface area contributed by atoms with Gasteiger partial charge in [0, 0.05) is 42.5 Å². The second-order valence-electron chi connectivity index (χ2n) is 19.9. The maximum atomic E-state index is 14.8. The normalized spacial score (nSPS) is 20.4. The number of aromatic hydroxyl groups is 2. The first-order chi connectivity index (χ1) is 39.0. The largest absolute Gasteiger partial charge is 0.508 e. The van der Waals surface area contributed by atoms with Gasteiger partial charge in [-0.05, 0) is 110 Å². The second-order valence-corrected chi connectivity index (χ2v) is 20.3. The van der Waals surface area contributed by atoms with Crippen LogP contribution in [0.25, 0.3) is 0 Å². The molecule has 9 amide bonds. The number of primary amides is 2. The minimum atomic E-state index is -1.81. The third kappa shape index (κ3) is 18.5. The van der Waals surface area contributed by atoms with E-state index in [0.29, 0.717) is 33.7 Å². The summed E-state index contributed by atoms with van der Waals surface area (Å²) in [5, 5.41) is 58.0. The molecule has 0 aliphatic carbocycles. The van der Waals surface area contributed by atoms with Crippen molar-refractivity contribution < 1.29 is 58.5 Å². The fourth-order valence-corrected chi connectivity index (χ4v) is 8.88. The summed E-state index contributed by atoms with van der Waals surface area (Å²) in [6.45, 7) is 0.828. The second kappa shape index (κ2) is 29.5. The van der Waals surface area contributed by atoms with Gasteiger partial charge in [-0.1, -0.05) is 65.3 Å². The number of amides is 9. The van der Waals surface area contributed by atoms with Crippen molar-refractivity contribution >= 4 is 64.8 Å². The highest BCUT2D eigenvalue weighted by Gasteiger charge is 2.37. The first-order valence-electron chi connectivity index (χ1n) is 26.2. The molecule has 27 heteroatoms. The van der Waals surface area contributed by atoms with Crippen LogP contribution < -0.4 is 60.2 Å². The van der Waals surface area contributed by atoms with Gasteiger partial charge >= 0.3 is 0 Å². The highest BCUT2D eigenvalue weighted by atomic mass is 35.5. The highest BCUT2D eigenvalue weighted by molar-refractivity contribution is 6.30. The van der Waals surface area contributed by atoms with Crippen molar-refractivity contribution in [3.8, 4) is 11.5 Å². The van der Waals surface area contributed by atoms with Crippen molar-refractivity contribution in [1.29, 1.82) is 0 Å². The number of fused-ring (bicyclic) bond motifs is 2. The molecule has 9 atom stereocenters. The van der Waals surface area contributed by atoms with Gasteiger partial charge in [0.1, 0.15) is 53.8 Å². The molecule has 0 saturated carbocycles. The zero-order valence-corrected chi connectivity index (χ0v) is 45.4. The number of nitrogens with two attached hydrogens (primary N) is 4. The van der Waals surface area contributed by atoms with E-state index in [4.69, 9.17) is 34.5 Å². The van der Waals surface area contributed by atoms with Crippen molar-refractivity contribution in [2.75, 3.05) is 6.54 Å². The first-order valence-corrected chi connectivity index (χ1v) is 26.6. The lowest BCUT2D eigenvalue weighted by molar-refractivity contribution is -0.137. The summed E-state index contributed by atoms with van der Waals surface area (Å²) in [4.78, 5) is 126. The molecule has 5 aromatic rings. The predicted octanol–water partition coefficient (Wildman–Crippen LogP) is -2.32. The topological polar surface area (TPSA) is 433 Å². The summed E-state index contributed by atoms with van der Waals surface area (Å²) in [5.41, 5.74) is 25.5. The van der Waals surface area contributed by atoms with Gasteiger partial charge in [0.05, 0.1) is 24.4 Å². The molecule has 1 aromatic heterocycles. The molecule has 1 aliphatic heterocycles. The van der Waals surface area contributed by atoms with E-state index in [2.05, 4.69) is 47.5 Å². The van der Waals surface area contributed by atoms with E-state index >= 15 is 0 Å². The number of phenols is 2. The zero-order chi connectivity index (χ0) is 59.6. The number of nitrogens with one attached hydrogen (secondary N) is 7. The van der Waals surface area contributed by atoms with E-state index in [1.807, 2.05) is 0 Å². The number of phenolic OH excluding ortho intramolecular Hbond substituents is 2. The molecule has 436 valence electrons. The van der Waals surface area contributed by atoms with Crippen LogP contribution in [0.15, 0.2) is 103 Å². The summed E-state index contributed by atoms with van der Waals surface area (Å²) in [7, 11) is 0. The molecule has 2 bridgehead atoms. The van der Waals surface area contributed by atoms with Crippen LogP contribution in [0, 0.1) is 0 Å². The van der Waals surface area contributed by atoms with Crippen LogP contribution in [-0.2, 0) is 77.0 Å². The van der Waals surface area contributed by atoms with Gasteiger partial charge in [-0.3, -0.25) is 43.2 Å². The van der Waals surface area contributed by atoms with Gasteiger partial charge < -0.3 is 75.5 Å². The zero-order valence-electron chi connectivity index (χ0n) is 44.6. The van der Waals surface area contributed by atoms with Gasteiger partial charge in [0.15, 0.2) is 0 Å². The van der Waals surface area contributed by atoms with E-state index in [9.17, 15) is 58.5 Å². The lowest BCUT2D eigenvalue weighted by Crippen LogP contribution is -2.62. The predicted molar refractivity (Wildman–Crippen MR) is 296 cm³/mol. The SMILES string of the molecule is CC(O)C1NC(=O)[C@H](CCCCN)NC(=O)[C@@H](Cc2ccc(C(N)=O)cc2)NC(=O)[C@H](Cc2ccc(O)cc2)NC(=O)[C@@H](NC(=O)[C@@H](N)Cc2ccc(Cl)cc2)Cc2cn(nn2)C[C@@H](C(=O)N[C@H](Cc2ccc(O)cc2)C(N)=O)NC1=O. The van der Waals surface area contributed by atoms with Gasteiger partial charge in [-0.2, -0.15) is 0 Å². The Morgan fingerprint density at radius 2 is 1.22 bits per heavy atom. The average molecular weight is 1150 g/mol. The highest BCUT2D eigenvalue weighted by Crippen LogP contribution is 2.17. The first kappa shape index (κ1) is 62.2. The molecular formula is C55H67ClN14O12. The van der Waals surface area contributed by atoms with E-state index in [1.54, 1.807) is 24.3 Å². The molecule has 2 heterocycles. The summed E-state index contributed by atoms with van der Waals surface area (Å²) < 4.78 is 1.10. The molecular weight excluding hydrogens is 1080 g/mol. The number of rotatable bonds is 19. The number of carbonyl (C=O) groups is 9. The number of aliphatic hydroxyl groups is 1. The van der Waals surface area contributed by atoms with E-state index in [1.165, 1.54) is 85.9 Å². The molecule has 82 heavy (non-hydrogen) atoms. The van der Waals surface area contributed by atoms with Crippen molar-refractivity contribution in [3.63, 3.8) is 0 Å². The Labute approximate surface area is 475 Å². The molecule has 0 fully saturated rings. The average Bonchev–Trinajstić information content (AvgIpc) is 3.91. The van der Waals surface area contributed by atoms with Crippen molar-refractivity contribution in [2.24, 2.45) is 22.9 Å². The maximum absolute atomic E-state index is 14.8. The number of nitrogens with zero attached hydrogens (tertiary/aromatic N) is 3. The van der Waals surface area contributed by atoms with Crippen LogP contribution >= 0.6 is 11.6 Å². The fraction of sp³-hybridized carbons (Fsp3) is 0.364. The molecule has 2 unspecified atom stereocenters. The number of aliphatic hydroxyl groups excluding tert-OH is 1. The Hall–Kier alpha value is -8.98. The number of hydrogen-bond acceptors (Lipinski definition) is 16. The number of aromatic nitrogens is 3. The number of unbranched alkanes of at least 4 members (excludes halogenated alkanes) is 1. The minimum Gasteiger partial charge on any atom is -0.508 e. The number of carbonyl (C=O) groups excluding carboxylic acids is 9. The summed E-state index contributed by atoms with van der Waals surface area (Å²) in [6, 6.07) is 11.5. The molecule has 18 N–H and O–H groups in total. The quantitative estimate of drug-likeness (QED) is 0.0386. The molecule has 0 radical (unpaired) electrons. The standard InChI is InChI=1S/C55H67ClN14O12/c1-29(71)46-55(82)66-45(54(81)62-41(48(60)75)23-32-9-17-37(72)18-10-32)28-70-27-36(68-69-70)26-44(63-49(76)39(58)22-30-7-15-35(56)16-8-30)53(80)65-43(25-33-11-19-38(73)20-12-33)52(79)64-42(24-31-5-13-34(14-6-31)47(59)74)51(78)61-40(50(77)67-46)4-2-3-21-57/h5-20,27,29,39-46,71-73H,2-4,21-26,28,57-58H2,1H3,(H2,59,74)(H2,60,75)(H,61,78)(H,62,81)(H,63,76)(H,64,79)(H,65,80)(H,66,82)(H,67,77)/t29?,39-,40-,41+,42+,43-,44-,45-,46?/m0/s1. The molecule has 26 nitrogen and oxygen atoms in total. The van der Waals surface area contributed by atoms with Crippen LogP contribution in [0.3, 0.4) is 0 Å². The molecule has 0 saturated heterocycles. The number of benzene rings is 4. The Kier molecular flexibility index (Phi) is 22.4. The summed E-state index contributed by atoms with van der Waals surface area (Å²) in [5.74, 6) is -8.60. The van der Waals surface area contributed by atoms with Crippen molar-refractivity contribution in [1.82, 2.24) is 52.2 Å². The molecule has 6 rings (SSSR count). The van der Waals surface area contributed by atoms with E-state index in [0.717, 1.165) is 4.68 Å². The van der Waals surface area contributed by atoms with Crippen LogP contribution in [0.2, 0.25) is 5.02 Å². The van der Waals surface area contributed by atoms with Gasteiger partial charge in [0.25, 0.3) is 0 Å². The Morgan fingerprint density at radius 3 is 1.78 bits per heavy atom. The third-order valence-electron chi connectivity index (χ3n) is 13.3. The van der Waals surface area contributed by atoms with E-state index in [-0.39, 0.29) is 67.8 Å². The lowest BCUT2D eigenvalue weighted by atomic mass is 10.00. The van der Waals surface area contributed by atoms with Crippen LogP contribution in [-0.4, -0.2) is 144 Å². The third-order valence-corrected chi connectivity index (χ3v) is 13.6. The van der Waals surface area contributed by atoms with Crippen LogP contribution in [0.5, 0.6) is 11.5 Å². The Balaban J connectivity index is 1.44. The molecule has 4 aromatic carbocycles. The summed E-state index contributed by atoms with van der Waals surface area (Å²) >= 11 is 6.08. The Bertz CT molecular complexity index is 3050. The molecule has 0 spiro atoms. The van der Waals surface area contributed by atoms with Crippen molar-refractivity contribution in [2.45, 2.75) is 119 Å². The van der Waals surface area contributed by atoms with Crippen LogP contribution in [0.1, 0.15) is 64.5 Å². The summed E-state index contributed by atoms with van der Waals surface area (Å²) in [6.07, 6.45) is -0.947. The monoisotopic (exact) mass is 1150 g/mol. The lowest BCUT2D eigenvalue weighted by Gasteiger charge is -2.29. The van der Waals surface area contributed by atoms with Gasteiger partial charge in [-0.15, -0.1) is 5.10 Å². The van der Waals surface area contributed by atoms with E-state index < -0.39 is 121 Å². The fourth-order valence-electron chi connectivity index (χ4n) is 8.76. The Morgan fingerprint density at radius 1 is 0.695 bits per heavy atom. The van der Waals surface area contributed by atoms with Gasteiger partial charge in [0.2, 0.25) is 53.2 Å². The number of hydrogen-bond donors (Lipinski definition) is 14. The maximum Gasteiger partial charge on any atom is 0.248 e. The number of halogens is 1. The smallest absolute Gasteiger partial charge is 0.248 e. The van der Waals surface area contributed by atoms with Crippen LogP contribution in [0.4, 0.5) is 0 Å². The van der Waals surface area contributed by atoms with Gasteiger partial charge in [-0.25, -0.2) is 4.68 Å². The molecule has 1 aliphatic rings. The minimum absolute atomic E-state index is 0.000249.